The molecule has 0 radical (unpaired) electrons. The fourth-order valence-corrected chi connectivity index (χ4v) is 3.26. The number of sulfone groups is 1. The van der Waals surface area contributed by atoms with Gasteiger partial charge in [0, 0.05) is 6.04 Å². The SMILES string of the molecule is Cc1ccc(C(=O)O)cc1S(=O)(=O)CC(=O)NC1CC1. The van der Waals surface area contributed by atoms with Crippen molar-refractivity contribution in [3.05, 3.63) is 29.3 Å². The Bertz CT molecular complexity index is 661. The Morgan fingerprint density at radius 2 is 2.00 bits per heavy atom. The Kier molecular flexibility index (Phi) is 3.80. The van der Waals surface area contributed by atoms with E-state index in [0.29, 0.717) is 5.56 Å². The smallest absolute Gasteiger partial charge is 0.335 e. The van der Waals surface area contributed by atoms with E-state index in [1.807, 2.05) is 0 Å². The van der Waals surface area contributed by atoms with Gasteiger partial charge in [-0.2, -0.15) is 0 Å². The number of aryl methyl sites for hydroxylation is 1. The number of carbonyl (C=O) groups excluding carboxylic acids is 1. The lowest BCUT2D eigenvalue weighted by Gasteiger charge is -2.09. The Morgan fingerprint density at radius 3 is 2.55 bits per heavy atom. The number of hydrogen-bond donors (Lipinski definition) is 2. The molecule has 20 heavy (non-hydrogen) atoms. The Labute approximate surface area is 116 Å². The molecule has 1 saturated carbocycles. The number of benzene rings is 1. The van der Waals surface area contributed by atoms with Crippen LogP contribution < -0.4 is 5.32 Å². The lowest BCUT2D eigenvalue weighted by molar-refractivity contribution is -0.118. The normalized spacial score (nSPS) is 14.8. The van der Waals surface area contributed by atoms with Crippen molar-refractivity contribution in [1.82, 2.24) is 5.32 Å². The Hall–Kier alpha value is -1.89. The van der Waals surface area contributed by atoms with E-state index in [0.717, 1.165) is 18.9 Å². The van der Waals surface area contributed by atoms with Crippen LogP contribution in [0.3, 0.4) is 0 Å². The highest BCUT2D eigenvalue weighted by Gasteiger charge is 2.27. The van der Waals surface area contributed by atoms with Gasteiger partial charge in [-0.3, -0.25) is 4.79 Å². The number of nitrogens with one attached hydrogen (secondary N) is 1. The summed E-state index contributed by atoms with van der Waals surface area (Å²) in [6.45, 7) is 1.57. The van der Waals surface area contributed by atoms with Gasteiger partial charge in [-0.25, -0.2) is 13.2 Å². The number of carboxylic acids is 1. The van der Waals surface area contributed by atoms with Gasteiger partial charge in [0.1, 0.15) is 5.75 Å². The first kappa shape index (κ1) is 14.5. The average Bonchev–Trinajstić information content (AvgIpc) is 3.11. The second-order valence-corrected chi connectivity index (χ2v) is 6.84. The molecule has 0 saturated heterocycles. The fraction of sp³-hybridized carbons (Fsp3) is 0.385. The van der Waals surface area contributed by atoms with Crippen LogP contribution in [0.2, 0.25) is 0 Å². The van der Waals surface area contributed by atoms with E-state index < -0.39 is 27.5 Å². The van der Waals surface area contributed by atoms with E-state index in [2.05, 4.69) is 5.32 Å². The summed E-state index contributed by atoms with van der Waals surface area (Å²) in [7, 11) is -3.84. The predicted octanol–water partition coefficient (Wildman–Crippen LogP) is 0.746. The summed E-state index contributed by atoms with van der Waals surface area (Å²) in [6.07, 6.45) is 1.75. The van der Waals surface area contributed by atoms with Crippen molar-refractivity contribution in [2.75, 3.05) is 5.75 Å². The van der Waals surface area contributed by atoms with E-state index in [1.165, 1.54) is 12.1 Å². The van der Waals surface area contributed by atoms with Crippen LogP contribution in [0.15, 0.2) is 23.1 Å². The van der Waals surface area contributed by atoms with E-state index in [9.17, 15) is 18.0 Å². The molecule has 2 N–H and O–H groups in total. The van der Waals surface area contributed by atoms with Crippen LogP contribution in [0, 0.1) is 6.92 Å². The van der Waals surface area contributed by atoms with Gasteiger partial charge in [0.25, 0.3) is 0 Å². The molecule has 0 aliphatic heterocycles. The molecule has 2 rings (SSSR count). The quantitative estimate of drug-likeness (QED) is 0.835. The second kappa shape index (κ2) is 5.24. The molecule has 0 unspecified atom stereocenters. The summed E-state index contributed by atoms with van der Waals surface area (Å²) >= 11 is 0. The molecule has 6 nitrogen and oxygen atoms in total. The zero-order chi connectivity index (χ0) is 14.9. The number of carbonyl (C=O) groups is 2. The highest BCUT2D eigenvalue weighted by atomic mass is 32.2. The Morgan fingerprint density at radius 1 is 1.35 bits per heavy atom. The largest absolute Gasteiger partial charge is 0.478 e. The minimum absolute atomic E-state index is 0.0872. The summed E-state index contributed by atoms with van der Waals surface area (Å²) in [5.41, 5.74) is 0.311. The zero-order valence-corrected chi connectivity index (χ0v) is 11.7. The molecule has 108 valence electrons. The van der Waals surface area contributed by atoms with Crippen LogP contribution in [0.1, 0.15) is 28.8 Å². The maximum absolute atomic E-state index is 12.2. The van der Waals surface area contributed by atoms with E-state index in [1.54, 1.807) is 6.92 Å². The minimum Gasteiger partial charge on any atom is -0.478 e. The molecule has 1 amide bonds. The average molecular weight is 297 g/mol. The summed E-state index contributed by atoms with van der Waals surface area (Å²) in [5, 5.41) is 11.5. The molecule has 0 heterocycles. The third-order valence-corrected chi connectivity index (χ3v) is 4.79. The van der Waals surface area contributed by atoms with E-state index in [4.69, 9.17) is 5.11 Å². The maximum Gasteiger partial charge on any atom is 0.335 e. The first-order chi connectivity index (χ1) is 9.29. The highest BCUT2D eigenvalue weighted by molar-refractivity contribution is 7.92. The number of carboxylic acid groups (broad SMARTS) is 1. The van der Waals surface area contributed by atoms with Gasteiger partial charge < -0.3 is 10.4 Å². The molecular weight excluding hydrogens is 282 g/mol. The van der Waals surface area contributed by atoms with Crippen molar-refractivity contribution < 1.29 is 23.1 Å². The first-order valence-electron chi connectivity index (χ1n) is 6.15. The molecule has 1 aromatic rings. The van der Waals surface area contributed by atoms with E-state index in [-0.39, 0.29) is 16.5 Å². The molecule has 0 atom stereocenters. The number of aromatic carboxylic acids is 1. The lowest BCUT2D eigenvalue weighted by atomic mass is 10.1. The van der Waals surface area contributed by atoms with Gasteiger partial charge in [-0.1, -0.05) is 6.07 Å². The summed E-state index contributed by atoms with van der Waals surface area (Å²) in [4.78, 5) is 22.4. The third kappa shape index (κ3) is 3.36. The fourth-order valence-electron chi connectivity index (χ4n) is 1.82. The van der Waals surface area contributed by atoms with Crippen molar-refractivity contribution >= 4 is 21.7 Å². The standard InChI is InChI=1S/C13H15NO5S/c1-8-2-3-9(13(16)17)6-11(8)20(18,19)7-12(15)14-10-4-5-10/h2-3,6,10H,4-5,7H2,1H3,(H,14,15)(H,16,17). The first-order valence-corrected chi connectivity index (χ1v) is 7.81. The predicted molar refractivity (Wildman–Crippen MR) is 71.4 cm³/mol. The van der Waals surface area contributed by atoms with Crippen LogP contribution in [0.4, 0.5) is 0 Å². The summed E-state index contributed by atoms with van der Waals surface area (Å²) in [5.74, 6) is -2.41. The van der Waals surface area contributed by atoms with E-state index >= 15 is 0 Å². The van der Waals surface area contributed by atoms with Gasteiger partial charge in [0.2, 0.25) is 5.91 Å². The number of hydrogen-bond acceptors (Lipinski definition) is 4. The molecule has 0 aromatic heterocycles. The summed E-state index contributed by atoms with van der Waals surface area (Å²) < 4.78 is 24.4. The third-order valence-electron chi connectivity index (χ3n) is 3.03. The molecule has 1 aliphatic carbocycles. The van der Waals surface area contributed by atoms with Crippen LogP contribution in [-0.2, 0) is 14.6 Å². The maximum atomic E-state index is 12.2. The van der Waals surface area contributed by atoms with Crippen LogP contribution in [-0.4, -0.2) is 37.2 Å². The van der Waals surface area contributed by atoms with Gasteiger partial charge in [0.05, 0.1) is 10.5 Å². The molecule has 0 spiro atoms. The topological polar surface area (TPSA) is 101 Å². The highest BCUT2D eigenvalue weighted by Crippen LogP contribution is 2.21. The van der Waals surface area contributed by atoms with Crippen LogP contribution in [0.25, 0.3) is 0 Å². The van der Waals surface area contributed by atoms with Crippen LogP contribution >= 0.6 is 0 Å². The van der Waals surface area contributed by atoms with Gasteiger partial charge >= 0.3 is 5.97 Å². The van der Waals surface area contributed by atoms with Crippen molar-refractivity contribution in [2.24, 2.45) is 0 Å². The second-order valence-electron chi connectivity index (χ2n) is 4.89. The zero-order valence-electron chi connectivity index (χ0n) is 10.9. The van der Waals surface area contributed by atoms with Crippen molar-refractivity contribution in [2.45, 2.75) is 30.7 Å². The lowest BCUT2D eigenvalue weighted by Crippen LogP contribution is -2.32. The Balaban J connectivity index is 2.25. The number of amides is 1. The molecule has 1 fully saturated rings. The van der Waals surface area contributed by atoms with Crippen molar-refractivity contribution in [1.29, 1.82) is 0 Å². The molecular formula is C13H15NO5S. The molecule has 1 aromatic carbocycles. The molecule has 0 bridgehead atoms. The van der Waals surface area contributed by atoms with Crippen LogP contribution in [0.5, 0.6) is 0 Å². The van der Waals surface area contributed by atoms with Crippen molar-refractivity contribution in [3.8, 4) is 0 Å². The number of rotatable bonds is 5. The monoisotopic (exact) mass is 297 g/mol. The summed E-state index contributed by atoms with van der Waals surface area (Å²) in [6, 6.07) is 3.94. The van der Waals surface area contributed by atoms with Gasteiger partial charge in [0.15, 0.2) is 9.84 Å². The molecule has 7 heteroatoms. The van der Waals surface area contributed by atoms with Crippen molar-refractivity contribution in [3.63, 3.8) is 0 Å². The minimum atomic E-state index is -3.84. The molecule has 1 aliphatic rings. The van der Waals surface area contributed by atoms with Gasteiger partial charge in [-0.15, -0.1) is 0 Å². The van der Waals surface area contributed by atoms with Gasteiger partial charge in [-0.05, 0) is 37.5 Å².